The van der Waals surface area contributed by atoms with Crippen molar-refractivity contribution in [1.82, 2.24) is 4.57 Å². The lowest BCUT2D eigenvalue weighted by atomic mass is 10.1. The van der Waals surface area contributed by atoms with Crippen molar-refractivity contribution in [2.45, 2.75) is 13.5 Å². The number of hydrogen-bond donors (Lipinski definition) is 0. The molecule has 0 amide bonds. The SMILES string of the molecule is Cc1cc(=O)n(Cc2ccc(Cl)c(Cl)c2)c2ccccc12. The fraction of sp³-hybridized carbons (Fsp3) is 0.118. The fourth-order valence-corrected chi connectivity index (χ4v) is 2.81. The molecule has 0 unspecified atom stereocenters. The number of benzene rings is 2. The number of fused-ring (bicyclic) bond motifs is 1. The molecule has 4 heteroatoms. The molecule has 0 fully saturated rings. The van der Waals surface area contributed by atoms with Crippen molar-refractivity contribution in [3.63, 3.8) is 0 Å². The molecule has 2 aromatic carbocycles. The average Bonchev–Trinajstić information content (AvgIpc) is 2.47. The molecule has 0 atom stereocenters. The Bertz CT molecular complexity index is 884. The molecule has 0 N–H and O–H groups in total. The van der Waals surface area contributed by atoms with Crippen LogP contribution in [-0.4, -0.2) is 4.57 Å². The lowest BCUT2D eigenvalue weighted by Gasteiger charge is -2.12. The van der Waals surface area contributed by atoms with Crippen molar-refractivity contribution in [2.24, 2.45) is 0 Å². The lowest BCUT2D eigenvalue weighted by molar-refractivity contribution is 0.793. The number of aromatic nitrogens is 1. The Morgan fingerprint density at radius 1 is 1.00 bits per heavy atom. The molecule has 3 aromatic rings. The number of pyridine rings is 1. The first-order valence-electron chi connectivity index (χ1n) is 6.59. The third-order valence-corrected chi connectivity index (χ3v) is 4.29. The average molecular weight is 318 g/mol. The van der Waals surface area contributed by atoms with Gasteiger partial charge in [0, 0.05) is 11.5 Å². The highest BCUT2D eigenvalue weighted by Crippen LogP contribution is 2.23. The summed E-state index contributed by atoms with van der Waals surface area (Å²) in [4.78, 5) is 12.3. The number of nitrogens with zero attached hydrogens (tertiary/aromatic N) is 1. The third kappa shape index (κ3) is 2.69. The van der Waals surface area contributed by atoms with Crippen molar-refractivity contribution < 1.29 is 0 Å². The Hall–Kier alpha value is -1.77. The van der Waals surface area contributed by atoms with Crippen LogP contribution in [-0.2, 0) is 6.54 Å². The van der Waals surface area contributed by atoms with Gasteiger partial charge in [0.1, 0.15) is 0 Å². The summed E-state index contributed by atoms with van der Waals surface area (Å²) in [6, 6.07) is 15.0. The van der Waals surface area contributed by atoms with E-state index in [0.717, 1.165) is 22.0 Å². The van der Waals surface area contributed by atoms with Crippen LogP contribution in [0.5, 0.6) is 0 Å². The molecule has 0 bridgehead atoms. The van der Waals surface area contributed by atoms with E-state index in [1.807, 2.05) is 37.3 Å². The second-order valence-electron chi connectivity index (χ2n) is 5.02. The van der Waals surface area contributed by atoms with E-state index in [1.54, 1.807) is 22.8 Å². The van der Waals surface area contributed by atoms with E-state index in [9.17, 15) is 4.79 Å². The van der Waals surface area contributed by atoms with Gasteiger partial charge < -0.3 is 4.57 Å². The maximum absolute atomic E-state index is 12.3. The van der Waals surface area contributed by atoms with E-state index in [2.05, 4.69) is 0 Å². The summed E-state index contributed by atoms with van der Waals surface area (Å²) in [5.74, 6) is 0. The van der Waals surface area contributed by atoms with Crippen LogP contribution in [0, 0.1) is 6.92 Å². The van der Waals surface area contributed by atoms with Crippen LogP contribution in [0.2, 0.25) is 10.0 Å². The molecule has 0 radical (unpaired) electrons. The van der Waals surface area contributed by atoms with E-state index >= 15 is 0 Å². The zero-order valence-electron chi connectivity index (χ0n) is 11.4. The highest BCUT2D eigenvalue weighted by molar-refractivity contribution is 6.42. The maximum Gasteiger partial charge on any atom is 0.251 e. The molecule has 2 nitrogen and oxygen atoms in total. The zero-order valence-corrected chi connectivity index (χ0v) is 12.9. The van der Waals surface area contributed by atoms with Crippen LogP contribution < -0.4 is 5.56 Å². The Morgan fingerprint density at radius 3 is 2.52 bits per heavy atom. The van der Waals surface area contributed by atoms with Crippen molar-refractivity contribution in [1.29, 1.82) is 0 Å². The molecule has 21 heavy (non-hydrogen) atoms. The van der Waals surface area contributed by atoms with Gasteiger partial charge in [0.15, 0.2) is 0 Å². The van der Waals surface area contributed by atoms with E-state index < -0.39 is 0 Å². The molecule has 1 aromatic heterocycles. The largest absolute Gasteiger partial charge is 0.304 e. The second kappa shape index (κ2) is 5.55. The van der Waals surface area contributed by atoms with Gasteiger partial charge >= 0.3 is 0 Å². The van der Waals surface area contributed by atoms with Crippen molar-refractivity contribution in [3.8, 4) is 0 Å². The van der Waals surface area contributed by atoms with E-state index in [-0.39, 0.29) is 5.56 Å². The fourth-order valence-electron chi connectivity index (χ4n) is 2.49. The van der Waals surface area contributed by atoms with Gasteiger partial charge in [0.2, 0.25) is 0 Å². The van der Waals surface area contributed by atoms with Gasteiger partial charge in [-0.2, -0.15) is 0 Å². The Labute approximate surface area is 132 Å². The van der Waals surface area contributed by atoms with Gasteiger partial charge in [0.25, 0.3) is 5.56 Å². The first-order chi connectivity index (χ1) is 10.1. The zero-order chi connectivity index (χ0) is 15.0. The molecule has 0 spiro atoms. The molecule has 1 heterocycles. The predicted octanol–water partition coefficient (Wildman–Crippen LogP) is 4.67. The number of halogens is 2. The second-order valence-corrected chi connectivity index (χ2v) is 5.83. The van der Waals surface area contributed by atoms with Crippen LogP contribution >= 0.6 is 23.2 Å². The van der Waals surface area contributed by atoms with Crippen LogP contribution in [0.3, 0.4) is 0 Å². The normalized spacial score (nSPS) is 11.0. The summed E-state index contributed by atoms with van der Waals surface area (Å²) in [5, 5.41) is 2.09. The van der Waals surface area contributed by atoms with Gasteiger partial charge in [-0.05, 0) is 36.2 Å². The Kier molecular flexibility index (Phi) is 3.75. The number of para-hydroxylation sites is 1. The minimum atomic E-state index is -0.0164. The van der Waals surface area contributed by atoms with Crippen molar-refractivity contribution in [2.75, 3.05) is 0 Å². The molecule has 106 valence electrons. The van der Waals surface area contributed by atoms with E-state index in [0.29, 0.717) is 16.6 Å². The summed E-state index contributed by atoms with van der Waals surface area (Å²) < 4.78 is 1.75. The molecular formula is C17H13Cl2NO. The van der Waals surface area contributed by atoms with Crippen LogP contribution in [0.15, 0.2) is 53.3 Å². The van der Waals surface area contributed by atoms with Crippen LogP contribution in [0.4, 0.5) is 0 Å². The Morgan fingerprint density at radius 2 is 1.76 bits per heavy atom. The van der Waals surface area contributed by atoms with Crippen LogP contribution in [0.1, 0.15) is 11.1 Å². The molecular weight excluding hydrogens is 305 g/mol. The monoisotopic (exact) mass is 317 g/mol. The van der Waals surface area contributed by atoms with Gasteiger partial charge in [-0.25, -0.2) is 0 Å². The quantitative estimate of drug-likeness (QED) is 0.673. The molecule has 0 saturated heterocycles. The number of hydrogen-bond acceptors (Lipinski definition) is 1. The van der Waals surface area contributed by atoms with E-state index in [1.165, 1.54) is 0 Å². The molecule has 3 rings (SSSR count). The highest BCUT2D eigenvalue weighted by atomic mass is 35.5. The van der Waals surface area contributed by atoms with Crippen molar-refractivity contribution >= 4 is 34.1 Å². The number of rotatable bonds is 2. The third-order valence-electron chi connectivity index (χ3n) is 3.55. The number of aryl methyl sites for hydroxylation is 1. The summed E-state index contributed by atoms with van der Waals surface area (Å²) in [5.41, 5.74) is 2.84. The standard InChI is InChI=1S/C17H13Cl2NO/c1-11-8-17(21)20(16-5-3-2-4-13(11)16)10-12-6-7-14(18)15(19)9-12/h2-9H,10H2,1H3. The topological polar surface area (TPSA) is 22.0 Å². The molecule has 0 aliphatic heterocycles. The van der Waals surface area contributed by atoms with Gasteiger partial charge in [0.05, 0.1) is 22.1 Å². The summed E-state index contributed by atoms with van der Waals surface area (Å²) >= 11 is 12.0. The minimum absolute atomic E-state index is 0.0164. The first kappa shape index (κ1) is 14.2. The van der Waals surface area contributed by atoms with Crippen molar-refractivity contribution in [3.05, 3.63) is 80.1 Å². The smallest absolute Gasteiger partial charge is 0.251 e. The summed E-state index contributed by atoms with van der Waals surface area (Å²) in [6.07, 6.45) is 0. The molecule has 0 aliphatic carbocycles. The highest BCUT2D eigenvalue weighted by Gasteiger charge is 2.07. The Balaban J connectivity index is 2.16. The minimum Gasteiger partial charge on any atom is -0.304 e. The van der Waals surface area contributed by atoms with Gasteiger partial charge in [-0.3, -0.25) is 4.79 Å². The first-order valence-corrected chi connectivity index (χ1v) is 7.35. The van der Waals surface area contributed by atoms with Crippen LogP contribution in [0.25, 0.3) is 10.9 Å². The lowest BCUT2D eigenvalue weighted by Crippen LogP contribution is -2.20. The summed E-state index contributed by atoms with van der Waals surface area (Å²) in [6.45, 7) is 2.42. The van der Waals surface area contributed by atoms with Gasteiger partial charge in [-0.1, -0.05) is 47.5 Å². The van der Waals surface area contributed by atoms with Gasteiger partial charge in [-0.15, -0.1) is 0 Å². The molecule has 0 saturated carbocycles. The van der Waals surface area contributed by atoms with E-state index in [4.69, 9.17) is 23.2 Å². The molecule has 0 aliphatic rings. The summed E-state index contributed by atoms with van der Waals surface area (Å²) in [7, 11) is 0. The predicted molar refractivity (Wildman–Crippen MR) is 88.5 cm³/mol. The maximum atomic E-state index is 12.3.